The molecule has 0 bridgehead atoms. The minimum atomic E-state index is -0.638. The number of halogens is 1. The zero-order valence-electron chi connectivity index (χ0n) is 20.7. The van der Waals surface area contributed by atoms with Gasteiger partial charge in [-0.2, -0.15) is 0 Å². The van der Waals surface area contributed by atoms with Gasteiger partial charge in [-0.15, -0.1) is 0 Å². The van der Waals surface area contributed by atoms with Gasteiger partial charge < -0.3 is 15.0 Å². The van der Waals surface area contributed by atoms with Gasteiger partial charge in [-0.05, 0) is 83.3 Å². The predicted molar refractivity (Wildman–Crippen MR) is 151 cm³/mol. The van der Waals surface area contributed by atoms with Gasteiger partial charge in [0.1, 0.15) is 11.8 Å². The van der Waals surface area contributed by atoms with Crippen LogP contribution in [0.3, 0.4) is 0 Å². The maximum absolute atomic E-state index is 13.7. The maximum atomic E-state index is 13.7. The zero-order chi connectivity index (χ0) is 25.3. The number of carbonyl (C=O) groups is 2. The zero-order valence-corrected chi connectivity index (χ0v) is 22.8. The summed E-state index contributed by atoms with van der Waals surface area (Å²) in [6, 6.07) is 25.1. The van der Waals surface area contributed by atoms with E-state index in [1.807, 2.05) is 85.8 Å². The van der Waals surface area contributed by atoms with E-state index in [9.17, 15) is 9.59 Å². The highest BCUT2D eigenvalue weighted by atomic mass is 127. The van der Waals surface area contributed by atoms with Crippen molar-refractivity contribution >= 4 is 34.4 Å². The molecule has 1 N–H and O–H groups in total. The molecule has 0 spiro atoms. The average molecular weight is 597 g/mol. The summed E-state index contributed by atoms with van der Waals surface area (Å²) in [4.78, 5) is 29.1. The van der Waals surface area contributed by atoms with Crippen LogP contribution in [0.4, 0.5) is 0 Å². The van der Waals surface area contributed by atoms with Crippen molar-refractivity contribution in [1.29, 1.82) is 0 Å². The summed E-state index contributed by atoms with van der Waals surface area (Å²) in [5, 5.41) is 3.24. The molecule has 3 aromatic rings. The number of hydrogen-bond donors (Lipinski definition) is 1. The SMILES string of the molecule is Cc1ccccc1CN(C(=O)COc1ccc(I)cc1)C(Cc1ccccc1)C(=O)NC1CCCC1. The number of nitrogens with one attached hydrogen (secondary N) is 1. The average Bonchev–Trinajstić information content (AvgIpc) is 3.40. The number of rotatable bonds is 10. The number of aryl methyl sites for hydroxylation is 1. The molecule has 1 fully saturated rings. The van der Waals surface area contributed by atoms with E-state index in [-0.39, 0.29) is 24.5 Å². The Labute approximate surface area is 227 Å². The number of hydrogen-bond acceptors (Lipinski definition) is 3. The molecule has 1 saturated carbocycles. The van der Waals surface area contributed by atoms with E-state index in [1.54, 1.807) is 4.90 Å². The lowest BCUT2D eigenvalue weighted by molar-refractivity contribution is -0.143. The van der Waals surface area contributed by atoms with Gasteiger partial charge >= 0.3 is 0 Å². The Morgan fingerprint density at radius 3 is 2.33 bits per heavy atom. The minimum absolute atomic E-state index is 0.0954. The Morgan fingerprint density at radius 1 is 0.972 bits per heavy atom. The molecule has 3 aromatic carbocycles. The summed E-state index contributed by atoms with van der Waals surface area (Å²) < 4.78 is 6.96. The Balaban J connectivity index is 1.61. The van der Waals surface area contributed by atoms with Gasteiger partial charge in [0, 0.05) is 22.6 Å². The van der Waals surface area contributed by atoms with Gasteiger partial charge in [0.25, 0.3) is 5.91 Å². The van der Waals surface area contributed by atoms with Gasteiger partial charge in [-0.25, -0.2) is 0 Å². The van der Waals surface area contributed by atoms with Gasteiger partial charge in [0.2, 0.25) is 5.91 Å². The molecule has 1 aliphatic carbocycles. The van der Waals surface area contributed by atoms with E-state index in [0.29, 0.717) is 18.7 Å². The van der Waals surface area contributed by atoms with Crippen LogP contribution in [0, 0.1) is 10.5 Å². The molecule has 4 rings (SSSR count). The van der Waals surface area contributed by atoms with Gasteiger partial charge in [0.15, 0.2) is 6.61 Å². The number of amides is 2. The molecule has 0 radical (unpaired) electrons. The maximum Gasteiger partial charge on any atom is 0.261 e. The fourth-order valence-corrected chi connectivity index (χ4v) is 5.01. The van der Waals surface area contributed by atoms with E-state index in [4.69, 9.17) is 4.74 Å². The second-order valence-corrected chi connectivity index (χ2v) is 10.6. The first-order valence-electron chi connectivity index (χ1n) is 12.6. The highest BCUT2D eigenvalue weighted by Gasteiger charge is 2.32. The molecule has 0 aliphatic heterocycles. The van der Waals surface area contributed by atoms with E-state index in [0.717, 1.165) is 45.9 Å². The van der Waals surface area contributed by atoms with Crippen LogP contribution >= 0.6 is 22.6 Å². The summed E-state index contributed by atoms with van der Waals surface area (Å²) in [5.74, 6) is 0.330. The fraction of sp³-hybridized carbons (Fsp3) is 0.333. The summed E-state index contributed by atoms with van der Waals surface area (Å²) in [5.41, 5.74) is 3.13. The van der Waals surface area contributed by atoms with Crippen molar-refractivity contribution in [2.75, 3.05) is 6.61 Å². The van der Waals surface area contributed by atoms with Crippen molar-refractivity contribution in [1.82, 2.24) is 10.2 Å². The lowest BCUT2D eigenvalue weighted by Gasteiger charge is -2.32. The molecule has 1 unspecified atom stereocenters. The predicted octanol–water partition coefficient (Wildman–Crippen LogP) is 5.68. The van der Waals surface area contributed by atoms with E-state index < -0.39 is 6.04 Å². The van der Waals surface area contributed by atoms with Crippen LogP contribution in [0.15, 0.2) is 78.9 Å². The van der Waals surface area contributed by atoms with E-state index >= 15 is 0 Å². The monoisotopic (exact) mass is 596 g/mol. The number of ether oxygens (including phenoxy) is 1. The molecule has 5 nitrogen and oxygen atoms in total. The van der Waals surface area contributed by atoms with Crippen molar-refractivity contribution in [2.24, 2.45) is 0 Å². The Bertz CT molecular complexity index is 1140. The van der Waals surface area contributed by atoms with Crippen molar-refractivity contribution in [3.05, 3.63) is 99.1 Å². The first-order chi connectivity index (χ1) is 17.5. The van der Waals surface area contributed by atoms with Crippen LogP contribution in [-0.4, -0.2) is 35.4 Å². The van der Waals surface area contributed by atoms with Crippen molar-refractivity contribution in [2.45, 2.75) is 57.7 Å². The number of nitrogens with zero attached hydrogens (tertiary/aromatic N) is 1. The molecule has 36 heavy (non-hydrogen) atoms. The quantitative estimate of drug-likeness (QED) is 0.307. The van der Waals surface area contributed by atoms with Crippen LogP contribution < -0.4 is 10.1 Å². The molecule has 188 valence electrons. The van der Waals surface area contributed by atoms with Gasteiger partial charge in [-0.3, -0.25) is 9.59 Å². The van der Waals surface area contributed by atoms with Crippen LogP contribution in [0.25, 0.3) is 0 Å². The third-order valence-electron chi connectivity index (χ3n) is 6.75. The summed E-state index contributed by atoms with van der Waals surface area (Å²) in [6.07, 6.45) is 4.69. The Kier molecular flexibility index (Phi) is 9.39. The third kappa shape index (κ3) is 7.32. The molecule has 1 aliphatic rings. The molecular formula is C30H33IN2O3. The van der Waals surface area contributed by atoms with Gasteiger partial charge in [-0.1, -0.05) is 67.4 Å². The van der Waals surface area contributed by atoms with Crippen LogP contribution in [0.2, 0.25) is 0 Å². The first kappa shape index (κ1) is 26.2. The number of carbonyl (C=O) groups excluding carboxylic acids is 2. The molecule has 0 saturated heterocycles. The lowest BCUT2D eigenvalue weighted by atomic mass is 10.0. The van der Waals surface area contributed by atoms with Crippen molar-refractivity contribution in [3.63, 3.8) is 0 Å². The second-order valence-electron chi connectivity index (χ2n) is 9.39. The third-order valence-corrected chi connectivity index (χ3v) is 7.47. The smallest absolute Gasteiger partial charge is 0.261 e. The Hall–Kier alpha value is -2.87. The normalized spacial score (nSPS) is 14.3. The molecule has 6 heteroatoms. The molecule has 2 amide bonds. The van der Waals surface area contributed by atoms with Gasteiger partial charge in [0.05, 0.1) is 0 Å². The topological polar surface area (TPSA) is 58.6 Å². The number of benzene rings is 3. The highest BCUT2D eigenvalue weighted by molar-refractivity contribution is 14.1. The van der Waals surface area contributed by atoms with E-state index in [2.05, 4.69) is 27.9 Å². The standard InChI is InChI=1S/C30H33IN2O3/c1-22-9-5-6-12-24(22)20-33(29(34)21-36-27-17-15-25(31)16-18-27)28(19-23-10-3-2-4-11-23)30(35)32-26-13-7-8-14-26/h2-6,9-12,15-18,26,28H,7-8,13-14,19-21H2,1H3,(H,32,35). The molecular weight excluding hydrogens is 563 g/mol. The Morgan fingerprint density at radius 2 is 1.64 bits per heavy atom. The summed E-state index contributed by atoms with van der Waals surface area (Å²) in [6.45, 7) is 2.25. The first-order valence-corrected chi connectivity index (χ1v) is 13.6. The van der Waals surface area contributed by atoms with Crippen molar-refractivity contribution in [3.8, 4) is 5.75 Å². The summed E-state index contributed by atoms with van der Waals surface area (Å²) in [7, 11) is 0. The van der Waals surface area contributed by atoms with Crippen LogP contribution in [0.1, 0.15) is 42.4 Å². The van der Waals surface area contributed by atoms with Crippen LogP contribution in [-0.2, 0) is 22.6 Å². The minimum Gasteiger partial charge on any atom is -0.484 e. The summed E-state index contributed by atoms with van der Waals surface area (Å²) >= 11 is 2.24. The molecule has 0 heterocycles. The highest BCUT2D eigenvalue weighted by Crippen LogP contribution is 2.21. The molecule has 0 aromatic heterocycles. The largest absolute Gasteiger partial charge is 0.484 e. The molecule has 1 atom stereocenters. The fourth-order valence-electron chi connectivity index (χ4n) is 4.65. The lowest BCUT2D eigenvalue weighted by Crippen LogP contribution is -2.53. The second kappa shape index (κ2) is 12.9. The van der Waals surface area contributed by atoms with Crippen molar-refractivity contribution < 1.29 is 14.3 Å². The van der Waals surface area contributed by atoms with E-state index in [1.165, 1.54) is 0 Å². The van der Waals surface area contributed by atoms with Crippen LogP contribution in [0.5, 0.6) is 5.75 Å².